The molecule has 2 fully saturated rings. The van der Waals surface area contributed by atoms with Crippen LogP contribution in [0.25, 0.3) is 10.9 Å². The fourth-order valence-corrected chi connectivity index (χ4v) is 6.24. The van der Waals surface area contributed by atoms with Crippen LogP contribution in [0, 0.1) is 11.8 Å². The van der Waals surface area contributed by atoms with Crippen LogP contribution in [0.1, 0.15) is 50.2 Å². The summed E-state index contributed by atoms with van der Waals surface area (Å²) in [5, 5.41) is 22.5. The number of pyridine rings is 1. The van der Waals surface area contributed by atoms with Crippen molar-refractivity contribution in [1.29, 1.82) is 0 Å². The van der Waals surface area contributed by atoms with Gasteiger partial charge in [-0.05, 0) is 74.4 Å². The summed E-state index contributed by atoms with van der Waals surface area (Å²) in [7, 11) is 1.62. The number of aliphatic hydroxyl groups is 1. The Hall–Kier alpha value is -1.83. The Labute approximate surface area is 194 Å². The van der Waals surface area contributed by atoms with Gasteiger partial charge < -0.3 is 19.8 Å². The number of piperidine rings is 1. The Kier molecular flexibility index (Phi) is 7.92. The lowest BCUT2D eigenvalue weighted by atomic mass is 9.81. The summed E-state index contributed by atoms with van der Waals surface area (Å²) < 4.78 is 5.33. The number of nitrogens with zero attached hydrogens (tertiary/aromatic N) is 2. The molecule has 2 heterocycles. The molecule has 174 valence electrons. The molecule has 2 aromatic rings. The van der Waals surface area contributed by atoms with E-state index in [1.165, 1.54) is 19.3 Å². The van der Waals surface area contributed by atoms with Gasteiger partial charge in [0.15, 0.2) is 0 Å². The van der Waals surface area contributed by atoms with E-state index in [1.54, 1.807) is 13.3 Å². The molecule has 1 aromatic heterocycles. The van der Waals surface area contributed by atoms with E-state index in [2.05, 4.69) is 9.88 Å². The Bertz CT molecular complexity index is 920. The number of carboxylic acids is 1. The highest BCUT2D eigenvalue weighted by Gasteiger charge is 2.34. The number of hydrogen-bond donors (Lipinski definition) is 2. The van der Waals surface area contributed by atoms with E-state index in [4.69, 9.17) is 4.74 Å². The molecule has 7 heteroatoms. The molecule has 1 aliphatic heterocycles. The molecular weight excluding hydrogens is 424 g/mol. The monoisotopic (exact) mass is 458 g/mol. The number of benzene rings is 1. The average molecular weight is 459 g/mol. The molecule has 1 aromatic carbocycles. The normalized spacial score (nSPS) is 23.1. The number of likely N-dealkylation sites (tertiary alicyclic amines) is 1. The first-order valence-electron chi connectivity index (χ1n) is 11.7. The summed E-state index contributed by atoms with van der Waals surface area (Å²) in [6, 6.07) is 7.51. The molecular formula is C25H34N2O4S. The first-order chi connectivity index (χ1) is 15.5. The number of aromatic nitrogens is 1. The summed E-state index contributed by atoms with van der Waals surface area (Å²) in [5.41, 5.74) is 1.64. The molecule has 1 saturated carbocycles. The van der Waals surface area contributed by atoms with Crippen LogP contribution in [0.4, 0.5) is 0 Å². The summed E-state index contributed by atoms with van der Waals surface area (Å²) in [4.78, 5) is 18.7. The Morgan fingerprint density at radius 3 is 2.88 bits per heavy atom. The van der Waals surface area contributed by atoms with Gasteiger partial charge in [0.25, 0.3) is 0 Å². The Balaban J connectivity index is 1.34. The lowest BCUT2D eigenvalue weighted by Gasteiger charge is -2.37. The van der Waals surface area contributed by atoms with E-state index in [0.717, 1.165) is 52.7 Å². The molecule has 0 bridgehead atoms. The number of methoxy groups -OCH3 is 1. The van der Waals surface area contributed by atoms with Crippen LogP contribution >= 0.6 is 11.8 Å². The third-order valence-corrected chi connectivity index (χ3v) is 8.48. The second kappa shape index (κ2) is 10.9. The van der Waals surface area contributed by atoms with Crippen LogP contribution in [0.5, 0.6) is 5.75 Å². The Morgan fingerprint density at radius 2 is 2.16 bits per heavy atom. The zero-order chi connectivity index (χ0) is 22.5. The number of fused-ring (bicyclic) bond motifs is 1. The smallest absolute Gasteiger partial charge is 0.308 e. The minimum Gasteiger partial charge on any atom is -0.497 e. The number of aliphatic carboxylic acids is 1. The van der Waals surface area contributed by atoms with Crippen LogP contribution < -0.4 is 4.74 Å². The molecule has 1 saturated heterocycles. The fraction of sp³-hybridized carbons (Fsp3) is 0.600. The topological polar surface area (TPSA) is 82.9 Å². The summed E-state index contributed by atoms with van der Waals surface area (Å²) in [6.45, 7) is 2.55. The standard InChI is InChI=1S/C25H34N2O4S/c1-31-18-6-7-23-21(15-18)20(9-11-26-23)24(28)8-5-17-10-12-27(16-22(17)25(29)30)13-14-32-19-3-2-4-19/h6-7,9,11,15,17,19,22,24,28H,2-5,8,10,12-14,16H2,1H3,(H,29,30)/t17-,22+,24-/m1/s1. The SMILES string of the molecule is COc1ccc2nccc([C@H](O)CC[C@@H]3CCN(CCSC4CCC4)C[C@@H]3C(=O)O)c2c1. The van der Waals surface area contributed by atoms with Crippen molar-refractivity contribution in [3.63, 3.8) is 0 Å². The first kappa shape index (κ1) is 23.3. The minimum absolute atomic E-state index is 0.0975. The van der Waals surface area contributed by atoms with Crippen molar-refractivity contribution in [3.05, 3.63) is 36.0 Å². The third kappa shape index (κ3) is 5.56. The first-order valence-corrected chi connectivity index (χ1v) is 12.8. The van der Waals surface area contributed by atoms with Gasteiger partial charge in [-0.3, -0.25) is 9.78 Å². The molecule has 1 aliphatic carbocycles. The largest absolute Gasteiger partial charge is 0.497 e. The maximum atomic E-state index is 12.0. The van der Waals surface area contributed by atoms with Crippen molar-refractivity contribution in [2.75, 3.05) is 32.5 Å². The van der Waals surface area contributed by atoms with Crippen molar-refractivity contribution >= 4 is 28.6 Å². The van der Waals surface area contributed by atoms with E-state index in [1.807, 2.05) is 36.0 Å². The quantitative estimate of drug-likeness (QED) is 0.547. The van der Waals surface area contributed by atoms with Gasteiger partial charge in [0.1, 0.15) is 5.75 Å². The Morgan fingerprint density at radius 1 is 1.31 bits per heavy atom. The summed E-state index contributed by atoms with van der Waals surface area (Å²) in [5.74, 6) is 0.853. The van der Waals surface area contributed by atoms with Gasteiger partial charge in [0, 0.05) is 35.7 Å². The van der Waals surface area contributed by atoms with Crippen molar-refractivity contribution in [2.45, 2.75) is 49.9 Å². The number of carboxylic acid groups (broad SMARTS) is 1. The molecule has 4 rings (SSSR count). The van der Waals surface area contributed by atoms with Gasteiger partial charge in [0.2, 0.25) is 0 Å². The van der Waals surface area contributed by atoms with Gasteiger partial charge >= 0.3 is 5.97 Å². The highest BCUT2D eigenvalue weighted by Crippen LogP contribution is 2.34. The van der Waals surface area contributed by atoms with Crippen LogP contribution in [0.15, 0.2) is 30.5 Å². The number of thioether (sulfide) groups is 1. The summed E-state index contributed by atoms with van der Waals surface area (Å²) >= 11 is 2.05. The van der Waals surface area contributed by atoms with E-state index in [-0.39, 0.29) is 11.8 Å². The maximum Gasteiger partial charge on any atom is 0.308 e. The van der Waals surface area contributed by atoms with Gasteiger partial charge in [-0.1, -0.05) is 6.42 Å². The lowest BCUT2D eigenvalue weighted by molar-refractivity contribution is -0.146. The zero-order valence-electron chi connectivity index (χ0n) is 18.8. The average Bonchev–Trinajstić information content (AvgIpc) is 2.78. The van der Waals surface area contributed by atoms with Crippen LogP contribution in [-0.2, 0) is 4.79 Å². The molecule has 2 aliphatic rings. The second-order valence-electron chi connectivity index (χ2n) is 9.09. The molecule has 32 heavy (non-hydrogen) atoms. The number of carbonyl (C=O) groups is 1. The van der Waals surface area contributed by atoms with Crippen LogP contribution in [-0.4, -0.2) is 63.8 Å². The number of ether oxygens (including phenoxy) is 1. The number of rotatable bonds is 10. The van der Waals surface area contributed by atoms with E-state index in [0.29, 0.717) is 19.4 Å². The molecule has 2 N–H and O–H groups in total. The van der Waals surface area contributed by atoms with Gasteiger partial charge in [0.05, 0.1) is 24.6 Å². The molecule has 3 atom stereocenters. The number of hydrogen-bond acceptors (Lipinski definition) is 6. The highest BCUT2D eigenvalue weighted by molar-refractivity contribution is 7.99. The predicted molar refractivity (Wildman–Crippen MR) is 128 cm³/mol. The second-order valence-corrected chi connectivity index (χ2v) is 10.5. The van der Waals surface area contributed by atoms with Crippen molar-refractivity contribution in [2.24, 2.45) is 11.8 Å². The molecule has 0 amide bonds. The van der Waals surface area contributed by atoms with Gasteiger partial charge in [-0.15, -0.1) is 0 Å². The van der Waals surface area contributed by atoms with Gasteiger partial charge in [-0.2, -0.15) is 11.8 Å². The van der Waals surface area contributed by atoms with Crippen molar-refractivity contribution < 1.29 is 19.7 Å². The van der Waals surface area contributed by atoms with Crippen LogP contribution in [0.2, 0.25) is 0 Å². The predicted octanol–water partition coefficient (Wildman–Crippen LogP) is 4.37. The molecule has 0 spiro atoms. The fourth-order valence-electron chi connectivity index (χ4n) is 4.87. The minimum atomic E-state index is -0.708. The summed E-state index contributed by atoms with van der Waals surface area (Å²) in [6.07, 6.45) is 7.23. The lowest BCUT2D eigenvalue weighted by Crippen LogP contribution is -2.44. The van der Waals surface area contributed by atoms with Crippen molar-refractivity contribution in [1.82, 2.24) is 9.88 Å². The van der Waals surface area contributed by atoms with E-state index in [9.17, 15) is 15.0 Å². The molecule has 0 unspecified atom stereocenters. The van der Waals surface area contributed by atoms with Crippen molar-refractivity contribution in [3.8, 4) is 5.75 Å². The van der Waals surface area contributed by atoms with E-state index >= 15 is 0 Å². The molecule has 0 radical (unpaired) electrons. The van der Waals surface area contributed by atoms with Crippen LogP contribution in [0.3, 0.4) is 0 Å². The highest BCUT2D eigenvalue weighted by atomic mass is 32.2. The maximum absolute atomic E-state index is 12.0. The third-order valence-electron chi connectivity index (χ3n) is 7.12. The molecule has 6 nitrogen and oxygen atoms in total. The van der Waals surface area contributed by atoms with E-state index < -0.39 is 12.1 Å². The zero-order valence-corrected chi connectivity index (χ0v) is 19.6. The van der Waals surface area contributed by atoms with Gasteiger partial charge in [-0.25, -0.2) is 0 Å². The number of aliphatic hydroxyl groups excluding tert-OH is 1.